The number of ether oxygens (including phenoxy) is 1. The van der Waals surface area contributed by atoms with E-state index < -0.39 is 34.9 Å². The first kappa shape index (κ1) is 21.2. The van der Waals surface area contributed by atoms with Gasteiger partial charge in [-0.05, 0) is 31.9 Å². The normalized spacial score (nSPS) is 24.4. The summed E-state index contributed by atoms with van der Waals surface area (Å²) >= 11 is 1.41. The van der Waals surface area contributed by atoms with E-state index in [1.807, 2.05) is 0 Å². The zero-order valence-corrected chi connectivity index (χ0v) is 17.4. The Morgan fingerprint density at radius 2 is 2.10 bits per heavy atom. The highest BCUT2D eigenvalue weighted by Gasteiger charge is 2.44. The zero-order chi connectivity index (χ0) is 21.0. The van der Waals surface area contributed by atoms with Crippen molar-refractivity contribution in [3.8, 4) is 6.07 Å². The van der Waals surface area contributed by atoms with Gasteiger partial charge in [-0.25, -0.2) is 4.79 Å². The van der Waals surface area contributed by atoms with Crippen LogP contribution in [-0.2, 0) is 19.1 Å². The van der Waals surface area contributed by atoms with Crippen LogP contribution in [0.5, 0.6) is 0 Å². The van der Waals surface area contributed by atoms with Gasteiger partial charge in [0.2, 0.25) is 5.91 Å². The smallest absolute Gasteiger partial charge is 0.330 e. The lowest BCUT2D eigenvalue weighted by Gasteiger charge is -2.32. The molecule has 2 fully saturated rings. The summed E-state index contributed by atoms with van der Waals surface area (Å²) < 4.78 is 10.8. The van der Waals surface area contributed by atoms with Crippen LogP contribution in [-0.4, -0.2) is 46.1 Å². The predicted octanol–water partition coefficient (Wildman–Crippen LogP) is 2.52. The molecule has 1 aliphatic carbocycles. The Bertz CT molecular complexity index is 798. The van der Waals surface area contributed by atoms with E-state index in [1.165, 1.54) is 36.8 Å². The molecule has 0 aromatic carbocycles. The lowest BCUT2D eigenvalue weighted by Crippen LogP contribution is -2.53. The molecule has 2 aliphatic rings. The first-order valence-electron chi connectivity index (χ1n) is 9.74. The number of carbonyl (C=O) groups is 3. The second-order valence-electron chi connectivity index (χ2n) is 7.47. The Hall–Kier alpha value is -2.47. The third kappa shape index (κ3) is 4.58. The molecule has 1 aromatic heterocycles. The van der Waals surface area contributed by atoms with Gasteiger partial charge in [-0.2, -0.15) is 5.26 Å². The molecule has 0 unspecified atom stereocenters. The first-order chi connectivity index (χ1) is 13.9. The minimum Gasteiger partial charge on any atom is -0.466 e. The minimum atomic E-state index is -1.06. The largest absolute Gasteiger partial charge is 0.466 e. The fraction of sp³-hybridized carbons (Fsp3) is 0.600. The molecule has 1 aromatic rings. The molecule has 1 aliphatic heterocycles. The molecule has 0 bridgehead atoms. The van der Waals surface area contributed by atoms with Gasteiger partial charge in [0.25, 0.3) is 5.91 Å². The summed E-state index contributed by atoms with van der Waals surface area (Å²) in [5.74, 6) is -0.482. The second-order valence-corrected chi connectivity index (χ2v) is 8.58. The van der Waals surface area contributed by atoms with Crippen molar-refractivity contribution in [2.45, 2.75) is 69.0 Å². The highest BCUT2D eigenvalue weighted by atomic mass is 32.2. The van der Waals surface area contributed by atoms with Gasteiger partial charge in [0.05, 0.1) is 12.3 Å². The summed E-state index contributed by atoms with van der Waals surface area (Å²) in [6, 6.07) is 4.89. The SMILES string of the molecule is CC(=O)N1[C@@H](c2ccco2)SC[C@H]1C(=O)O[C@H](C)C(=O)NC1(C#N)CCCCC1. The van der Waals surface area contributed by atoms with Gasteiger partial charge in [-0.3, -0.25) is 9.59 Å². The molecular weight excluding hydrogens is 394 g/mol. The molecule has 1 N–H and O–H groups in total. The van der Waals surface area contributed by atoms with E-state index in [9.17, 15) is 19.6 Å². The van der Waals surface area contributed by atoms with Gasteiger partial charge in [0.1, 0.15) is 22.7 Å². The summed E-state index contributed by atoms with van der Waals surface area (Å²) in [6.45, 7) is 2.86. The van der Waals surface area contributed by atoms with Gasteiger partial charge < -0.3 is 19.4 Å². The van der Waals surface area contributed by atoms with Crippen molar-refractivity contribution in [2.75, 3.05) is 5.75 Å². The summed E-state index contributed by atoms with van der Waals surface area (Å²) in [5.41, 5.74) is -0.894. The maximum absolute atomic E-state index is 12.7. The maximum Gasteiger partial charge on any atom is 0.330 e. The third-order valence-electron chi connectivity index (χ3n) is 5.37. The van der Waals surface area contributed by atoms with Crippen molar-refractivity contribution < 1.29 is 23.5 Å². The Labute approximate surface area is 173 Å². The summed E-state index contributed by atoms with van der Waals surface area (Å²) in [4.78, 5) is 38.9. The molecule has 0 radical (unpaired) electrons. The highest BCUT2D eigenvalue weighted by molar-refractivity contribution is 7.99. The van der Waals surface area contributed by atoms with Crippen LogP contribution in [0.25, 0.3) is 0 Å². The van der Waals surface area contributed by atoms with Crippen molar-refractivity contribution in [3.05, 3.63) is 24.2 Å². The molecule has 29 heavy (non-hydrogen) atoms. The number of esters is 1. The van der Waals surface area contributed by atoms with E-state index in [2.05, 4.69) is 11.4 Å². The van der Waals surface area contributed by atoms with Crippen molar-refractivity contribution >= 4 is 29.5 Å². The average molecular weight is 420 g/mol. The van der Waals surface area contributed by atoms with E-state index in [0.29, 0.717) is 24.4 Å². The van der Waals surface area contributed by atoms with Crippen LogP contribution in [0.1, 0.15) is 57.1 Å². The Morgan fingerprint density at radius 1 is 1.38 bits per heavy atom. The quantitative estimate of drug-likeness (QED) is 0.730. The van der Waals surface area contributed by atoms with Gasteiger partial charge in [-0.15, -0.1) is 11.8 Å². The minimum absolute atomic E-state index is 0.277. The number of hydrogen-bond acceptors (Lipinski definition) is 7. The fourth-order valence-corrected chi connectivity index (χ4v) is 5.20. The van der Waals surface area contributed by atoms with Crippen LogP contribution in [0.3, 0.4) is 0 Å². The van der Waals surface area contributed by atoms with Crippen LogP contribution in [0, 0.1) is 11.3 Å². The molecule has 2 amide bonds. The summed E-state index contributed by atoms with van der Waals surface area (Å²) in [5, 5.41) is 11.9. The van der Waals surface area contributed by atoms with Crippen LogP contribution in [0.15, 0.2) is 22.8 Å². The molecule has 0 spiro atoms. The molecule has 2 heterocycles. The topological polar surface area (TPSA) is 113 Å². The van der Waals surface area contributed by atoms with E-state index in [-0.39, 0.29) is 5.91 Å². The number of hydrogen-bond donors (Lipinski definition) is 1. The number of amides is 2. The van der Waals surface area contributed by atoms with Crippen molar-refractivity contribution in [1.82, 2.24) is 10.2 Å². The highest BCUT2D eigenvalue weighted by Crippen LogP contribution is 2.42. The number of rotatable bonds is 5. The molecule has 9 heteroatoms. The van der Waals surface area contributed by atoms with E-state index in [4.69, 9.17) is 9.15 Å². The van der Waals surface area contributed by atoms with Crippen molar-refractivity contribution in [2.24, 2.45) is 0 Å². The fourth-order valence-electron chi connectivity index (χ4n) is 3.79. The number of nitrogens with one attached hydrogen (secondary N) is 1. The lowest BCUT2D eigenvalue weighted by atomic mass is 9.83. The number of nitrogens with zero attached hydrogens (tertiary/aromatic N) is 2. The molecule has 8 nitrogen and oxygen atoms in total. The van der Waals surface area contributed by atoms with E-state index >= 15 is 0 Å². The molecule has 156 valence electrons. The van der Waals surface area contributed by atoms with Gasteiger partial charge in [0.15, 0.2) is 6.10 Å². The zero-order valence-electron chi connectivity index (χ0n) is 16.6. The van der Waals surface area contributed by atoms with Crippen LogP contribution >= 0.6 is 11.8 Å². The summed E-state index contributed by atoms with van der Waals surface area (Å²) in [7, 11) is 0. The first-order valence-corrected chi connectivity index (χ1v) is 10.8. The molecule has 1 saturated heterocycles. The van der Waals surface area contributed by atoms with Crippen molar-refractivity contribution in [3.63, 3.8) is 0 Å². The standard InChI is InChI=1S/C20H25N3O5S/c1-13(17(25)22-20(12-21)8-4-3-5-9-20)28-19(26)15-11-29-18(23(15)14(2)24)16-7-6-10-27-16/h6-7,10,13,15,18H,3-5,8-9,11H2,1-2H3,(H,22,25)/t13-,15+,18-/m1/s1. The predicted molar refractivity (Wildman–Crippen MR) is 105 cm³/mol. The second kappa shape index (κ2) is 8.91. The molecule has 3 rings (SSSR count). The van der Waals surface area contributed by atoms with Crippen LogP contribution < -0.4 is 5.32 Å². The Balaban J connectivity index is 1.63. The molecule has 3 atom stereocenters. The van der Waals surface area contributed by atoms with Gasteiger partial charge >= 0.3 is 5.97 Å². The number of thioether (sulfide) groups is 1. The molecule has 1 saturated carbocycles. The monoisotopic (exact) mass is 419 g/mol. The Kier molecular flexibility index (Phi) is 6.52. The van der Waals surface area contributed by atoms with Gasteiger partial charge in [0, 0.05) is 12.7 Å². The lowest BCUT2D eigenvalue weighted by molar-refractivity contribution is -0.162. The number of nitriles is 1. The summed E-state index contributed by atoms with van der Waals surface area (Å²) in [6.07, 6.45) is 4.45. The number of furan rings is 1. The van der Waals surface area contributed by atoms with Crippen LogP contribution in [0.2, 0.25) is 0 Å². The van der Waals surface area contributed by atoms with Crippen LogP contribution in [0.4, 0.5) is 0 Å². The Morgan fingerprint density at radius 3 is 2.69 bits per heavy atom. The van der Waals surface area contributed by atoms with E-state index in [0.717, 1.165) is 19.3 Å². The average Bonchev–Trinajstić information content (AvgIpc) is 3.38. The number of carbonyl (C=O) groups excluding carboxylic acids is 3. The van der Waals surface area contributed by atoms with Gasteiger partial charge in [-0.1, -0.05) is 19.3 Å². The maximum atomic E-state index is 12.7. The van der Waals surface area contributed by atoms with Crippen molar-refractivity contribution in [1.29, 1.82) is 5.26 Å². The molecular formula is C20H25N3O5S. The third-order valence-corrected chi connectivity index (χ3v) is 6.65. The van der Waals surface area contributed by atoms with E-state index in [1.54, 1.807) is 12.1 Å².